The summed E-state index contributed by atoms with van der Waals surface area (Å²) >= 11 is 0. The van der Waals surface area contributed by atoms with Crippen molar-refractivity contribution < 1.29 is 0 Å². The van der Waals surface area contributed by atoms with Crippen molar-refractivity contribution in [3.8, 4) is 0 Å². The van der Waals surface area contributed by atoms with Crippen molar-refractivity contribution in [2.45, 2.75) is 20.8 Å². The number of nitrogens with one attached hydrogen (secondary N) is 2. The van der Waals surface area contributed by atoms with Gasteiger partial charge in [-0.1, -0.05) is 29.8 Å². The minimum atomic E-state index is 0.468. The van der Waals surface area contributed by atoms with E-state index in [0.29, 0.717) is 11.8 Å². The van der Waals surface area contributed by atoms with E-state index in [4.69, 9.17) is 0 Å². The third-order valence-corrected chi connectivity index (χ3v) is 3.73. The molecule has 116 valence electrons. The summed E-state index contributed by atoms with van der Waals surface area (Å²) < 4.78 is 0. The summed E-state index contributed by atoms with van der Waals surface area (Å²) in [6.45, 7) is 6.21. The van der Waals surface area contributed by atoms with E-state index in [1.54, 1.807) is 6.20 Å². The van der Waals surface area contributed by atoms with Crippen LogP contribution in [0.15, 0.2) is 48.7 Å². The van der Waals surface area contributed by atoms with Gasteiger partial charge in [-0.2, -0.15) is 10.1 Å². The summed E-state index contributed by atoms with van der Waals surface area (Å²) in [7, 11) is 0. The predicted octanol–water partition coefficient (Wildman–Crippen LogP) is 4.28. The molecular formula is C18H19N5. The lowest BCUT2D eigenvalue weighted by atomic mass is 10.1. The van der Waals surface area contributed by atoms with Crippen molar-refractivity contribution in [1.82, 2.24) is 15.2 Å². The summed E-state index contributed by atoms with van der Waals surface area (Å²) in [5.74, 6) is 1.12. The molecule has 0 atom stereocenters. The monoisotopic (exact) mass is 305 g/mol. The fourth-order valence-corrected chi connectivity index (χ4v) is 2.21. The van der Waals surface area contributed by atoms with Crippen LogP contribution in [-0.2, 0) is 0 Å². The smallest absolute Gasteiger partial charge is 0.249 e. The predicted molar refractivity (Wildman–Crippen MR) is 93.5 cm³/mol. The summed E-state index contributed by atoms with van der Waals surface area (Å²) in [5.41, 5.74) is 5.56. The number of benzene rings is 2. The van der Waals surface area contributed by atoms with Gasteiger partial charge in [0.1, 0.15) is 0 Å². The van der Waals surface area contributed by atoms with Crippen LogP contribution < -0.4 is 10.6 Å². The summed E-state index contributed by atoms with van der Waals surface area (Å²) in [6.07, 6.45) is 1.61. The highest BCUT2D eigenvalue weighted by Crippen LogP contribution is 2.21. The molecule has 0 saturated carbocycles. The molecule has 23 heavy (non-hydrogen) atoms. The molecule has 5 heteroatoms. The Morgan fingerprint density at radius 2 is 1.65 bits per heavy atom. The van der Waals surface area contributed by atoms with Gasteiger partial charge in [0.25, 0.3) is 0 Å². The maximum Gasteiger partial charge on any atom is 0.249 e. The van der Waals surface area contributed by atoms with Crippen molar-refractivity contribution >= 4 is 23.1 Å². The second kappa shape index (κ2) is 6.44. The lowest BCUT2D eigenvalue weighted by Crippen LogP contribution is -2.03. The van der Waals surface area contributed by atoms with Gasteiger partial charge in [-0.15, -0.1) is 5.10 Å². The van der Waals surface area contributed by atoms with Crippen LogP contribution in [0.1, 0.15) is 16.7 Å². The van der Waals surface area contributed by atoms with Crippen LogP contribution in [0.4, 0.5) is 23.1 Å². The van der Waals surface area contributed by atoms with Crippen molar-refractivity contribution in [3.63, 3.8) is 0 Å². The van der Waals surface area contributed by atoms with Crippen LogP contribution in [0.5, 0.6) is 0 Å². The van der Waals surface area contributed by atoms with Crippen LogP contribution in [-0.4, -0.2) is 15.2 Å². The molecule has 0 saturated heterocycles. The van der Waals surface area contributed by atoms with E-state index in [1.807, 2.05) is 36.4 Å². The van der Waals surface area contributed by atoms with E-state index in [0.717, 1.165) is 11.4 Å². The van der Waals surface area contributed by atoms with Crippen LogP contribution in [0.25, 0.3) is 0 Å². The zero-order valence-electron chi connectivity index (χ0n) is 13.5. The molecule has 0 aliphatic heterocycles. The fourth-order valence-electron chi connectivity index (χ4n) is 2.21. The first-order valence-corrected chi connectivity index (χ1v) is 7.48. The van der Waals surface area contributed by atoms with Crippen LogP contribution >= 0.6 is 0 Å². The number of hydrogen-bond donors (Lipinski definition) is 2. The highest BCUT2D eigenvalue weighted by atomic mass is 15.3. The molecule has 3 rings (SSSR count). The average Bonchev–Trinajstić information content (AvgIpc) is 2.54. The molecule has 1 aromatic heterocycles. The van der Waals surface area contributed by atoms with Gasteiger partial charge in [0.2, 0.25) is 5.95 Å². The topological polar surface area (TPSA) is 62.7 Å². The van der Waals surface area contributed by atoms with E-state index in [1.165, 1.54) is 16.7 Å². The maximum absolute atomic E-state index is 4.46. The molecule has 0 aliphatic carbocycles. The third kappa shape index (κ3) is 3.63. The van der Waals surface area contributed by atoms with E-state index in [9.17, 15) is 0 Å². The highest BCUT2D eigenvalue weighted by molar-refractivity contribution is 5.62. The lowest BCUT2D eigenvalue weighted by molar-refractivity contribution is 0.981. The van der Waals surface area contributed by atoms with E-state index in [-0.39, 0.29) is 0 Å². The molecule has 1 heterocycles. The Kier molecular flexibility index (Phi) is 4.19. The van der Waals surface area contributed by atoms with Gasteiger partial charge in [-0.25, -0.2) is 0 Å². The Labute approximate surface area is 135 Å². The number of aryl methyl sites for hydroxylation is 2. The van der Waals surface area contributed by atoms with Crippen molar-refractivity contribution in [1.29, 1.82) is 0 Å². The quantitative estimate of drug-likeness (QED) is 0.753. The molecule has 2 N–H and O–H groups in total. The molecular weight excluding hydrogens is 286 g/mol. The maximum atomic E-state index is 4.46. The minimum Gasteiger partial charge on any atom is -0.339 e. The Balaban J connectivity index is 1.79. The van der Waals surface area contributed by atoms with Gasteiger partial charge in [0, 0.05) is 11.4 Å². The van der Waals surface area contributed by atoms with Gasteiger partial charge in [0.05, 0.1) is 6.20 Å². The van der Waals surface area contributed by atoms with E-state index >= 15 is 0 Å². The second-order valence-corrected chi connectivity index (χ2v) is 5.53. The van der Waals surface area contributed by atoms with Crippen molar-refractivity contribution in [3.05, 3.63) is 65.4 Å². The SMILES string of the molecule is Cc1ccc(Nc2cnnc(Nc3cccc(C)c3C)n2)cc1. The standard InChI is InChI=1S/C18H19N5/c1-12-7-9-15(10-8-12)20-17-11-19-23-18(22-17)21-16-6-4-5-13(2)14(16)3/h4-11H,1-3H3,(H2,20,21,22,23). The number of hydrogen-bond acceptors (Lipinski definition) is 5. The summed E-state index contributed by atoms with van der Waals surface area (Å²) in [5, 5.41) is 14.5. The molecule has 0 unspecified atom stereocenters. The number of anilines is 4. The molecule has 0 fully saturated rings. The zero-order valence-corrected chi connectivity index (χ0v) is 13.5. The molecule has 0 aliphatic rings. The van der Waals surface area contributed by atoms with Crippen molar-refractivity contribution in [2.75, 3.05) is 10.6 Å². The summed E-state index contributed by atoms with van der Waals surface area (Å²) in [4.78, 5) is 4.46. The Hall–Kier alpha value is -2.95. The number of nitrogens with zero attached hydrogens (tertiary/aromatic N) is 3. The van der Waals surface area contributed by atoms with Crippen molar-refractivity contribution in [2.24, 2.45) is 0 Å². The number of rotatable bonds is 4. The van der Waals surface area contributed by atoms with E-state index in [2.05, 4.69) is 52.7 Å². The third-order valence-electron chi connectivity index (χ3n) is 3.73. The number of aromatic nitrogens is 3. The Bertz CT molecular complexity index is 812. The van der Waals surface area contributed by atoms with Gasteiger partial charge in [-0.05, 0) is 50.1 Å². The van der Waals surface area contributed by atoms with Gasteiger partial charge in [-0.3, -0.25) is 0 Å². The minimum absolute atomic E-state index is 0.468. The Morgan fingerprint density at radius 3 is 2.43 bits per heavy atom. The van der Waals surface area contributed by atoms with Gasteiger partial charge in [0.15, 0.2) is 5.82 Å². The molecule has 0 amide bonds. The molecule has 0 radical (unpaired) electrons. The Morgan fingerprint density at radius 1 is 0.870 bits per heavy atom. The molecule has 3 aromatic rings. The normalized spacial score (nSPS) is 10.4. The first kappa shape index (κ1) is 15.0. The zero-order chi connectivity index (χ0) is 16.2. The van der Waals surface area contributed by atoms with Gasteiger partial charge < -0.3 is 10.6 Å². The van der Waals surface area contributed by atoms with E-state index < -0.39 is 0 Å². The largest absolute Gasteiger partial charge is 0.339 e. The second-order valence-electron chi connectivity index (χ2n) is 5.53. The van der Waals surface area contributed by atoms with Crippen LogP contribution in [0.3, 0.4) is 0 Å². The molecule has 0 spiro atoms. The molecule has 0 bridgehead atoms. The van der Waals surface area contributed by atoms with Crippen LogP contribution in [0.2, 0.25) is 0 Å². The highest BCUT2D eigenvalue weighted by Gasteiger charge is 2.05. The van der Waals surface area contributed by atoms with Gasteiger partial charge >= 0.3 is 0 Å². The first-order valence-electron chi connectivity index (χ1n) is 7.48. The fraction of sp³-hybridized carbons (Fsp3) is 0.167. The molecule has 2 aromatic carbocycles. The average molecular weight is 305 g/mol. The van der Waals surface area contributed by atoms with Crippen LogP contribution in [0, 0.1) is 20.8 Å². The molecule has 5 nitrogen and oxygen atoms in total. The first-order chi connectivity index (χ1) is 11.1. The summed E-state index contributed by atoms with van der Waals surface area (Å²) in [6, 6.07) is 14.2. The lowest BCUT2D eigenvalue weighted by Gasteiger charge is -2.11.